The van der Waals surface area contributed by atoms with Crippen molar-refractivity contribution in [1.29, 1.82) is 0 Å². The van der Waals surface area contributed by atoms with E-state index in [9.17, 15) is 4.39 Å². The molecule has 0 spiro atoms. The Bertz CT molecular complexity index is 1610. The highest BCUT2D eigenvalue weighted by Crippen LogP contribution is 2.28. The summed E-state index contributed by atoms with van der Waals surface area (Å²) in [5.41, 5.74) is 14.6. The second kappa shape index (κ2) is 10.3. The number of benzene rings is 5. The van der Waals surface area contributed by atoms with E-state index < -0.39 is 0 Å². The molecular formula is C34H26FN. The van der Waals surface area contributed by atoms with E-state index >= 15 is 0 Å². The van der Waals surface area contributed by atoms with Crippen molar-refractivity contribution >= 4 is 18.2 Å². The second-order valence-electron chi connectivity index (χ2n) is 8.70. The first-order valence-electron chi connectivity index (χ1n) is 11.9. The molecule has 2 N–H and O–H groups in total. The summed E-state index contributed by atoms with van der Waals surface area (Å²) in [6.45, 7) is 4.09. The number of allylic oxidation sites excluding steroid dienone is 1. The molecule has 5 rings (SSSR count). The normalized spacial score (nSPS) is 12.0. The average Bonchev–Trinajstić information content (AvgIpc) is 2.93. The largest absolute Gasteiger partial charge is 0.404 e. The maximum Gasteiger partial charge on any atom is 0.123 e. The topological polar surface area (TPSA) is 26.0 Å². The zero-order chi connectivity index (χ0) is 24.9. The molecule has 174 valence electrons. The molecule has 0 saturated heterocycles. The van der Waals surface area contributed by atoms with Crippen LogP contribution in [-0.4, -0.2) is 0 Å². The second-order valence-corrected chi connectivity index (χ2v) is 8.70. The Balaban J connectivity index is 1.34. The lowest BCUT2D eigenvalue weighted by atomic mass is 9.97. The fraction of sp³-hybridized carbons (Fsp3) is 0. The summed E-state index contributed by atoms with van der Waals surface area (Å²) < 4.78 is 13.2. The quantitative estimate of drug-likeness (QED) is 0.295. The number of hydrogen-bond donors (Lipinski definition) is 1. The van der Waals surface area contributed by atoms with Crippen LogP contribution in [0.2, 0.25) is 0 Å². The first-order chi connectivity index (χ1) is 17.6. The minimum atomic E-state index is -0.223. The molecule has 0 amide bonds. The van der Waals surface area contributed by atoms with Gasteiger partial charge in [0.1, 0.15) is 5.82 Å². The van der Waals surface area contributed by atoms with Crippen molar-refractivity contribution in [3.8, 4) is 33.4 Å². The summed E-state index contributed by atoms with van der Waals surface area (Å²) in [5, 5.41) is 2.03. The first-order valence-corrected chi connectivity index (χ1v) is 11.9. The Morgan fingerprint density at radius 3 is 1.36 bits per heavy atom. The van der Waals surface area contributed by atoms with E-state index in [0.717, 1.165) is 55.0 Å². The van der Waals surface area contributed by atoms with Gasteiger partial charge < -0.3 is 5.73 Å². The third-order valence-corrected chi connectivity index (χ3v) is 6.38. The van der Waals surface area contributed by atoms with Crippen LogP contribution < -0.4 is 16.2 Å². The molecule has 36 heavy (non-hydrogen) atoms. The summed E-state index contributed by atoms with van der Waals surface area (Å²) in [4.78, 5) is 0. The van der Waals surface area contributed by atoms with Crippen molar-refractivity contribution < 1.29 is 4.39 Å². The SMILES string of the molecule is C=c1cccc/c1=C/C(=C\N)c1ccc(-c2ccc(-c3ccc(-c4ccc(F)cc4)cc3)cc2)cc1. The van der Waals surface area contributed by atoms with Gasteiger partial charge in [0.05, 0.1) is 0 Å². The molecule has 5 aromatic carbocycles. The molecule has 0 bridgehead atoms. The lowest BCUT2D eigenvalue weighted by Crippen LogP contribution is -2.21. The molecular weight excluding hydrogens is 441 g/mol. The van der Waals surface area contributed by atoms with Crippen molar-refractivity contribution in [1.82, 2.24) is 0 Å². The zero-order valence-corrected chi connectivity index (χ0v) is 19.9. The third kappa shape index (κ3) is 5.03. The Morgan fingerprint density at radius 2 is 0.944 bits per heavy atom. The minimum Gasteiger partial charge on any atom is -0.404 e. The van der Waals surface area contributed by atoms with Gasteiger partial charge in [-0.1, -0.05) is 116 Å². The molecule has 0 unspecified atom stereocenters. The van der Waals surface area contributed by atoms with Crippen LogP contribution in [0.15, 0.2) is 128 Å². The summed E-state index contributed by atoms with van der Waals surface area (Å²) >= 11 is 0. The Hall–Kier alpha value is -4.69. The Kier molecular flexibility index (Phi) is 6.59. The smallest absolute Gasteiger partial charge is 0.123 e. The van der Waals surface area contributed by atoms with Crippen molar-refractivity contribution in [2.45, 2.75) is 0 Å². The van der Waals surface area contributed by atoms with Gasteiger partial charge in [0, 0.05) is 6.20 Å². The van der Waals surface area contributed by atoms with E-state index in [-0.39, 0.29) is 5.82 Å². The van der Waals surface area contributed by atoms with Gasteiger partial charge in [0.15, 0.2) is 0 Å². The Labute approximate surface area is 211 Å². The molecule has 0 aliphatic rings. The van der Waals surface area contributed by atoms with Crippen molar-refractivity contribution in [2.75, 3.05) is 0 Å². The molecule has 0 radical (unpaired) electrons. The van der Waals surface area contributed by atoms with Crippen LogP contribution in [0.25, 0.3) is 51.6 Å². The fourth-order valence-corrected chi connectivity index (χ4v) is 4.28. The highest BCUT2D eigenvalue weighted by atomic mass is 19.1. The van der Waals surface area contributed by atoms with Gasteiger partial charge in [0.25, 0.3) is 0 Å². The molecule has 0 aliphatic heterocycles. The summed E-state index contributed by atoms with van der Waals surface area (Å²) in [5.74, 6) is -0.223. The van der Waals surface area contributed by atoms with E-state index in [1.54, 1.807) is 18.3 Å². The fourth-order valence-electron chi connectivity index (χ4n) is 4.28. The average molecular weight is 468 g/mol. The number of rotatable bonds is 5. The molecule has 0 heterocycles. The lowest BCUT2D eigenvalue weighted by molar-refractivity contribution is 0.628. The van der Waals surface area contributed by atoms with Gasteiger partial charge >= 0.3 is 0 Å². The monoisotopic (exact) mass is 467 g/mol. The van der Waals surface area contributed by atoms with Crippen LogP contribution in [0.5, 0.6) is 0 Å². The van der Waals surface area contributed by atoms with E-state index in [4.69, 9.17) is 5.73 Å². The number of nitrogens with two attached hydrogens (primary N) is 1. The van der Waals surface area contributed by atoms with Crippen molar-refractivity contribution in [3.63, 3.8) is 0 Å². The van der Waals surface area contributed by atoms with Gasteiger partial charge in [0.2, 0.25) is 0 Å². The van der Waals surface area contributed by atoms with Crippen molar-refractivity contribution in [2.24, 2.45) is 5.73 Å². The molecule has 0 aromatic heterocycles. The maximum absolute atomic E-state index is 13.2. The zero-order valence-electron chi connectivity index (χ0n) is 19.9. The highest BCUT2D eigenvalue weighted by molar-refractivity contribution is 5.88. The maximum atomic E-state index is 13.2. The predicted octanol–water partition coefficient (Wildman–Crippen LogP) is 7.02. The van der Waals surface area contributed by atoms with Gasteiger partial charge in [-0.2, -0.15) is 0 Å². The highest BCUT2D eigenvalue weighted by Gasteiger charge is 2.04. The van der Waals surface area contributed by atoms with Crippen LogP contribution in [-0.2, 0) is 0 Å². The van der Waals surface area contributed by atoms with Gasteiger partial charge in [-0.15, -0.1) is 0 Å². The number of hydrogen-bond acceptors (Lipinski definition) is 1. The van der Waals surface area contributed by atoms with E-state index in [1.165, 1.54) is 12.1 Å². The minimum absolute atomic E-state index is 0.223. The van der Waals surface area contributed by atoms with Gasteiger partial charge in [-0.3, -0.25) is 0 Å². The number of halogens is 1. The van der Waals surface area contributed by atoms with Crippen LogP contribution in [0.1, 0.15) is 5.56 Å². The molecule has 0 fully saturated rings. The molecule has 2 heteroatoms. The van der Waals surface area contributed by atoms with E-state index in [1.807, 2.05) is 24.3 Å². The summed E-state index contributed by atoms with van der Waals surface area (Å²) in [6.07, 6.45) is 3.70. The first kappa shape index (κ1) is 23.1. The Morgan fingerprint density at radius 1 is 0.556 bits per heavy atom. The van der Waals surface area contributed by atoms with E-state index in [2.05, 4.69) is 85.5 Å². The molecule has 0 saturated carbocycles. The van der Waals surface area contributed by atoms with Gasteiger partial charge in [-0.25, -0.2) is 4.39 Å². The molecule has 5 aromatic rings. The lowest BCUT2D eigenvalue weighted by Gasteiger charge is -2.08. The van der Waals surface area contributed by atoms with Crippen LogP contribution in [0.3, 0.4) is 0 Å². The molecule has 1 nitrogen and oxygen atoms in total. The van der Waals surface area contributed by atoms with E-state index in [0.29, 0.717) is 0 Å². The summed E-state index contributed by atoms with van der Waals surface area (Å²) in [6, 6.07) is 39.9. The predicted molar refractivity (Wildman–Crippen MR) is 151 cm³/mol. The van der Waals surface area contributed by atoms with Crippen LogP contribution >= 0.6 is 0 Å². The van der Waals surface area contributed by atoms with Gasteiger partial charge in [-0.05, 0) is 73.2 Å². The molecule has 0 atom stereocenters. The standard InChI is InChI=1S/C34H26FN/c1-24-4-2-3-5-32(24)22-33(23-36)31-16-14-28(15-17-31)27-8-6-25(7-9-27)26-10-12-29(13-11-26)30-18-20-34(35)21-19-30/h2-23H,1,36H2/b32-22-,33-23+. The third-order valence-electron chi connectivity index (χ3n) is 6.38. The molecule has 0 aliphatic carbocycles. The summed E-state index contributed by atoms with van der Waals surface area (Å²) in [7, 11) is 0. The van der Waals surface area contributed by atoms with Crippen LogP contribution in [0, 0.1) is 5.82 Å². The van der Waals surface area contributed by atoms with Crippen molar-refractivity contribution in [3.05, 3.63) is 149 Å². The van der Waals surface area contributed by atoms with Crippen LogP contribution in [0.4, 0.5) is 4.39 Å².